The molecule has 0 atom stereocenters. The average Bonchev–Trinajstić information content (AvgIpc) is 3.68. The Morgan fingerprint density at radius 2 is 1.67 bits per heavy atom. The number of carbonyl (C=O) groups is 2. The molecule has 33 heavy (non-hydrogen) atoms. The topological polar surface area (TPSA) is 55.9 Å². The van der Waals surface area contributed by atoms with Gasteiger partial charge in [0.1, 0.15) is 5.82 Å². The zero-order valence-corrected chi connectivity index (χ0v) is 20.2. The maximum Gasteiger partial charge on any atom is 0.317 e. The number of hydrogen-bond acceptors (Lipinski definition) is 3. The van der Waals surface area contributed by atoms with Crippen molar-refractivity contribution >= 4 is 11.9 Å². The van der Waals surface area contributed by atoms with Gasteiger partial charge in [-0.25, -0.2) is 9.18 Å². The summed E-state index contributed by atoms with van der Waals surface area (Å²) in [7, 11) is 0. The van der Waals surface area contributed by atoms with Crippen molar-refractivity contribution in [2.75, 3.05) is 45.8 Å². The second kappa shape index (κ2) is 13.5. The number of nitrogens with zero attached hydrogens (tertiary/aromatic N) is 3. The van der Waals surface area contributed by atoms with Crippen molar-refractivity contribution in [1.29, 1.82) is 0 Å². The molecular formula is C26H41FN4O2. The van der Waals surface area contributed by atoms with Crippen molar-refractivity contribution in [1.82, 2.24) is 20.0 Å². The van der Waals surface area contributed by atoms with Crippen LogP contribution in [-0.2, 0) is 11.3 Å². The van der Waals surface area contributed by atoms with Gasteiger partial charge in [-0.3, -0.25) is 9.69 Å². The molecule has 1 aliphatic heterocycles. The van der Waals surface area contributed by atoms with Crippen LogP contribution in [0.15, 0.2) is 24.3 Å². The van der Waals surface area contributed by atoms with Gasteiger partial charge in [0.15, 0.2) is 0 Å². The maximum absolute atomic E-state index is 13.3. The number of urea groups is 1. The highest BCUT2D eigenvalue weighted by atomic mass is 19.1. The fourth-order valence-electron chi connectivity index (χ4n) is 4.32. The highest BCUT2D eigenvalue weighted by molar-refractivity contribution is 5.81. The van der Waals surface area contributed by atoms with Crippen LogP contribution in [-0.4, -0.2) is 72.5 Å². The van der Waals surface area contributed by atoms with Crippen molar-refractivity contribution < 1.29 is 14.0 Å². The molecule has 1 heterocycles. The lowest BCUT2D eigenvalue weighted by Gasteiger charge is -2.36. The molecule has 3 amide bonds. The summed E-state index contributed by atoms with van der Waals surface area (Å²) < 4.78 is 13.3. The van der Waals surface area contributed by atoms with Crippen LogP contribution in [0.1, 0.15) is 63.9 Å². The Labute approximate surface area is 198 Å². The van der Waals surface area contributed by atoms with Gasteiger partial charge in [0.25, 0.3) is 0 Å². The van der Waals surface area contributed by atoms with Crippen LogP contribution in [0.5, 0.6) is 0 Å². The lowest BCUT2D eigenvalue weighted by atomic mass is 10.1. The largest absolute Gasteiger partial charge is 0.340 e. The molecule has 0 bridgehead atoms. The summed E-state index contributed by atoms with van der Waals surface area (Å²) in [6, 6.07) is 6.31. The first-order valence-corrected chi connectivity index (χ1v) is 12.8. The number of amides is 3. The van der Waals surface area contributed by atoms with Gasteiger partial charge in [0.2, 0.25) is 5.91 Å². The molecule has 1 N–H and O–H groups in total. The molecule has 1 aromatic carbocycles. The number of halogens is 1. The Kier molecular flexibility index (Phi) is 10.4. The van der Waals surface area contributed by atoms with E-state index in [1.54, 1.807) is 12.1 Å². The molecule has 1 aromatic rings. The number of piperazine rings is 1. The third-order valence-corrected chi connectivity index (χ3v) is 6.68. The minimum Gasteiger partial charge on any atom is -0.340 e. The van der Waals surface area contributed by atoms with Gasteiger partial charge in [0, 0.05) is 58.3 Å². The zero-order chi connectivity index (χ0) is 23.5. The average molecular weight is 461 g/mol. The SMILES string of the molecule is CCCCCCCCNC(=O)N(CCN1CCN(C(=O)C2CC2)CC1)Cc1ccc(F)cc1. The minimum atomic E-state index is -0.267. The smallest absolute Gasteiger partial charge is 0.317 e. The molecule has 3 rings (SSSR count). The first kappa shape index (κ1) is 25.5. The fourth-order valence-corrected chi connectivity index (χ4v) is 4.32. The molecule has 184 valence electrons. The molecule has 0 unspecified atom stereocenters. The van der Waals surface area contributed by atoms with Gasteiger partial charge in [-0.2, -0.15) is 0 Å². The van der Waals surface area contributed by atoms with E-state index >= 15 is 0 Å². The second-order valence-electron chi connectivity index (χ2n) is 9.49. The molecule has 0 radical (unpaired) electrons. The number of benzene rings is 1. The van der Waals surface area contributed by atoms with E-state index in [9.17, 15) is 14.0 Å². The van der Waals surface area contributed by atoms with Crippen molar-refractivity contribution in [3.63, 3.8) is 0 Å². The van der Waals surface area contributed by atoms with Gasteiger partial charge < -0.3 is 15.1 Å². The van der Waals surface area contributed by atoms with Crippen LogP contribution >= 0.6 is 0 Å². The number of nitrogens with one attached hydrogen (secondary N) is 1. The van der Waals surface area contributed by atoms with Crippen LogP contribution in [0.25, 0.3) is 0 Å². The predicted molar refractivity (Wildman–Crippen MR) is 129 cm³/mol. The predicted octanol–water partition coefficient (Wildman–Crippen LogP) is 4.25. The molecular weight excluding hydrogens is 419 g/mol. The van der Waals surface area contributed by atoms with Gasteiger partial charge in [0.05, 0.1) is 0 Å². The molecule has 2 fully saturated rings. The Morgan fingerprint density at radius 1 is 1.00 bits per heavy atom. The van der Waals surface area contributed by atoms with Gasteiger partial charge >= 0.3 is 6.03 Å². The molecule has 0 aromatic heterocycles. The van der Waals surface area contributed by atoms with Crippen LogP contribution in [0.3, 0.4) is 0 Å². The third-order valence-electron chi connectivity index (χ3n) is 6.68. The first-order chi connectivity index (χ1) is 16.1. The van der Waals surface area contributed by atoms with E-state index in [0.29, 0.717) is 25.5 Å². The summed E-state index contributed by atoms with van der Waals surface area (Å²) in [5, 5.41) is 3.08. The summed E-state index contributed by atoms with van der Waals surface area (Å²) in [6.07, 6.45) is 9.23. The lowest BCUT2D eigenvalue weighted by molar-refractivity contribution is -0.134. The van der Waals surface area contributed by atoms with Crippen LogP contribution in [0.4, 0.5) is 9.18 Å². The van der Waals surface area contributed by atoms with Crippen molar-refractivity contribution in [3.8, 4) is 0 Å². The van der Waals surface area contributed by atoms with Gasteiger partial charge in [-0.15, -0.1) is 0 Å². The Bertz CT molecular complexity index is 730. The zero-order valence-electron chi connectivity index (χ0n) is 20.2. The summed E-state index contributed by atoms with van der Waals surface area (Å²) in [4.78, 5) is 31.3. The summed E-state index contributed by atoms with van der Waals surface area (Å²) in [5.74, 6) is 0.330. The van der Waals surface area contributed by atoms with Crippen LogP contribution in [0.2, 0.25) is 0 Å². The van der Waals surface area contributed by atoms with Crippen molar-refractivity contribution in [3.05, 3.63) is 35.6 Å². The molecule has 1 saturated heterocycles. The summed E-state index contributed by atoms with van der Waals surface area (Å²) in [5.41, 5.74) is 0.922. The molecule has 2 aliphatic rings. The fraction of sp³-hybridized carbons (Fsp3) is 0.692. The Balaban J connectivity index is 1.44. The van der Waals surface area contributed by atoms with Gasteiger partial charge in [-0.05, 0) is 37.0 Å². The van der Waals surface area contributed by atoms with Crippen molar-refractivity contribution in [2.45, 2.75) is 64.8 Å². The van der Waals surface area contributed by atoms with Crippen LogP contribution in [0, 0.1) is 11.7 Å². The second-order valence-corrected chi connectivity index (χ2v) is 9.49. The molecule has 1 saturated carbocycles. The molecule has 7 heteroatoms. The highest BCUT2D eigenvalue weighted by Gasteiger charge is 2.34. The van der Waals surface area contributed by atoms with E-state index in [0.717, 1.165) is 64.0 Å². The van der Waals surface area contributed by atoms with Crippen molar-refractivity contribution in [2.24, 2.45) is 5.92 Å². The quantitative estimate of drug-likeness (QED) is 0.448. The maximum atomic E-state index is 13.3. The number of hydrogen-bond donors (Lipinski definition) is 1. The number of rotatable bonds is 13. The standard InChI is InChI=1S/C26H41FN4O2/c1-2-3-4-5-6-7-14-28-26(33)31(21-22-8-12-24(27)13-9-22)20-17-29-15-18-30(19-16-29)25(32)23-10-11-23/h8-9,12-13,23H,2-7,10-11,14-21H2,1H3,(H,28,33). The molecule has 0 spiro atoms. The lowest BCUT2D eigenvalue weighted by Crippen LogP contribution is -2.51. The molecule has 6 nitrogen and oxygen atoms in total. The highest BCUT2D eigenvalue weighted by Crippen LogP contribution is 2.31. The number of unbranched alkanes of at least 4 members (excludes halogenated alkanes) is 5. The first-order valence-electron chi connectivity index (χ1n) is 12.8. The van der Waals surface area contributed by atoms with Gasteiger partial charge in [-0.1, -0.05) is 51.2 Å². The van der Waals surface area contributed by atoms with E-state index in [1.165, 1.54) is 37.8 Å². The monoisotopic (exact) mass is 460 g/mol. The van der Waals surface area contributed by atoms with E-state index < -0.39 is 0 Å². The minimum absolute atomic E-state index is 0.0598. The Morgan fingerprint density at radius 3 is 2.33 bits per heavy atom. The summed E-state index contributed by atoms with van der Waals surface area (Å²) in [6.45, 7) is 7.99. The van der Waals surface area contributed by atoms with E-state index in [4.69, 9.17) is 0 Å². The van der Waals surface area contributed by atoms with E-state index in [1.807, 2.05) is 9.80 Å². The molecule has 1 aliphatic carbocycles. The normalized spacial score (nSPS) is 16.6. The number of carbonyl (C=O) groups excluding carboxylic acids is 2. The van der Waals surface area contributed by atoms with E-state index in [2.05, 4.69) is 17.1 Å². The summed E-state index contributed by atoms with van der Waals surface area (Å²) >= 11 is 0. The Hall–Kier alpha value is -2.15. The van der Waals surface area contributed by atoms with E-state index in [-0.39, 0.29) is 17.8 Å². The third kappa shape index (κ3) is 8.95. The van der Waals surface area contributed by atoms with Crippen LogP contribution < -0.4 is 5.32 Å².